The van der Waals surface area contributed by atoms with Gasteiger partial charge in [-0.3, -0.25) is 0 Å². The lowest BCUT2D eigenvalue weighted by Crippen LogP contribution is -2.20. The summed E-state index contributed by atoms with van der Waals surface area (Å²) >= 11 is 6.27. The molecule has 1 aliphatic rings. The Bertz CT molecular complexity index is 250. The van der Waals surface area contributed by atoms with Gasteiger partial charge in [0.15, 0.2) is 0 Å². The van der Waals surface area contributed by atoms with E-state index in [2.05, 4.69) is 6.58 Å². The van der Waals surface area contributed by atoms with Gasteiger partial charge in [-0.25, -0.2) is 4.79 Å². The number of thioether (sulfide) groups is 1. The third-order valence-electron chi connectivity index (χ3n) is 1.40. The Morgan fingerprint density at radius 3 is 3.08 bits per heavy atom. The van der Waals surface area contributed by atoms with Gasteiger partial charge in [0.05, 0.1) is 0 Å². The molecule has 1 saturated heterocycles. The number of rotatable bonds is 3. The van der Waals surface area contributed by atoms with Crippen molar-refractivity contribution in [1.82, 2.24) is 0 Å². The van der Waals surface area contributed by atoms with Gasteiger partial charge in [-0.1, -0.05) is 18.3 Å². The van der Waals surface area contributed by atoms with Crippen LogP contribution in [-0.2, 0) is 14.3 Å². The molecule has 0 N–H and O–H groups in total. The van der Waals surface area contributed by atoms with Crippen LogP contribution in [-0.4, -0.2) is 28.8 Å². The molecule has 0 amide bonds. The fraction of sp³-hybridized carbons (Fsp3) is 0.500. The van der Waals surface area contributed by atoms with E-state index in [9.17, 15) is 4.79 Å². The molecule has 1 heterocycles. The Kier molecular flexibility index (Phi) is 3.74. The SMILES string of the molecule is C=C(C)C(=O)OC[C@H]1CSC(=S)O1. The third-order valence-corrected chi connectivity index (χ3v) is 2.72. The molecule has 0 unspecified atom stereocenters. The van der Waals surface area contributed by atoms with Crippen LogP contribution in [0.2, 0.25) is 0 Å². The van der Waals surface area contributed by atoms with E-state index in [0.717, 1.165) is 5.75 Å². The zero-order chi connectivity index (χ0) is 9.84. The summed E-state index contributed by atoms with van der Waals surface area (Å²) in [5, 5.41) is 0. The Morgan fingerprint density at radius 2 is 2.62 bits per heavy atom. The van der Waals surface area contributed by atoms with Gasteiger partial charge in [0, 0.05) is 11.3 Å². The van der Waals surface area contributed by atoms with Crippen LogP contribution in [0.3, 0.4) is 0 Å². The highest BCUT2D eigenvalue weighted by atomic mass is 32.2. The maximum Gasteiger partial charge on any atom is 0.333 e. The Labute approximate surface area is 86.5 Å². The van der Waals surface area contributed by atoms with Crippen LogP contribution in [0.1, 0.15) is 6.92 Å². The zero-order valence-corrected chi connectivity index (χ0v) is 8.87. The van der Waals surface area contributed by atoms with Gasteiger partial charge in [0.25, 0.3) is 0 Å². The van der Waals surface area contributed by atoms with Crippen LogP contribution < -0.4 is 0 Å². The van der Waals surface area contributed by atoms with E-state index < -0.39 is 0 Å². The van der Waals surface area contributed by atoms with Crippen molar-refractivity contribution < 1.29 is 14.3 Å². The Balaban J connectivity index is 2.23. The topological polar surface area (TPSA) is 35.5 Å². The highest BCUT2D eigenvalue weighted by Crippen LogP contribution is 2.20. The molecule has 0 aliphatic carbocycles. The maximum absolute atomic E-state index is 11.0. The van der Waals surface area contributed by atoms with Gasteiger partial charge in [0.2, 0.25) is 4.38 Å². The van der Waals surface area contributed by atoms with Crippen LogP contribution in [0.25, 0.3) is 0 Å². The van der Waals surface area contributed by atoms with Gasteiger partial charge in [-0.15, -0.1) is 0 Å². The predicted molar refractivity (Wildman–Crippen MR) is 55.7 cm³/mol. The molecule has 3 nitrogen and oxygen atoms in total. The third kappa shape index (κ3) is 3.36. The molecular weight excluding hydrogens is 208 g/mol. The van der Waals surface area contributed by atoms with Crippen LogP contribution in [0.5, 0.6) is 0 Å². The average molecular weight is 218 g/mol. The fourth-order valence-corrected chi connectivity index (χ4v) is 1.77. The van der Waals surface area contributed by atoms with Crippen molar-refractivity contribution in [2.45, 2.75) is 13.0 Å². The molecule has 0 aromatic carbocycles. The minimum absolute atomic E-state index is 0.0965. The van der Waals surface area contributed by atoms with Gasteiger partial charge >= 0.3 is 5.97 Å². The summed E-state index contributed by atoms with van der Waals surface area (Å²) in [5.41, 5.74) is 0.397. The van der Waals surface area contributed by atoms with Gasteiger partial charge in [0.1, 0.15) is 12.7 Å². The largest absolute Gasteiger partial charge is 0.471 e. The van der Waals surface area contributed by atoms with Gasteiger partial charge in [-0.05, 0) is 19.1 Å². The van der Waals surface area contributed by atoms with E-state index in [1.165, 1.54) is 11.8 Å². The Hall–Kier alpha value is -0.550. The summed E-state index contributed by atoms with van der Waals surface area (Å²) in [6.45, 7) is 5.33. The van der Waals surface area contributed by atoms with Crippen LogP contribution in [0.15, 0.2) is 12.2 Å². The average Bonchev–Trinajstić information content (AvgIpc) is 2.47. The van der Waals surface area contributed by atoms with Crippen molar-refractivity contribution in [3.8, 4) is 0 Å². The number of hydrogen-bond donors (Lipinski definition) is 0. The number of esters is 1. The Morgan fingerprint density at radius 1 is 1.92 bits per heavy atom. The standard InChI is InChI=1S/C8H10O3S2/c1-5(2)7(9)10-3-6-4-13-8(12)11-6/h6H,1,3-4H2,2H3/t6-/m0/s1. The summed E-state index contributed by atoms with van der Waals surface area (Å²) in [6.07, 6.45) is -0.0965. The molecule has 0 radical (unpaired) electrons. The van der Waals surface area contributed by atoms with E-state index in [4.69, 9.17) is 21.7 Å². The van der Waals surface area contributed by atoms with E-state index in [-0.39, 0.29) is 18.7 Å². The van der Waals surface area contributed by atoms with E-state index >= 15 is 0 Å². The fourth-order valence-electron chi connectivity index (χ4n) is 0.739. The second kappa shape index (κ2) is 4.62. The first-order chi connectivity index (χ1) is 6.09. The first-order valence-electron chi connectivity index (χ1n) is 3.75. The zero-order valence-electron chi connectivity index (χ0n) is 7.24. The minimum atomic E-state index is -0.383. The van der Waals surface area contributed by atoms with Crippen LogP contribution in [0, 0.1) is 0 Å². The molecule has 1 aliphatic heterocycles. The number of thiocarbonyl (C=S) groups is 1. The van der Waals surface area contributed by atoms with Crippen molar-refractivity contribution in [3.63, 3.8) is 0 Å². The van der Waals surface area contributed by atoms with Gasteiger partial charge < -0.3 is 9.47 Å². The van der Waals surface area contributed by atoms with E-state index in [1.54, 1.807) is 6.92 Å². The van der Waals surface area contributed by atoms with Crippen molar-refractivity contribution in [2.24, 2.45) is 0 Å². The number of carbonyl (C=O) groups is 1. The molecule has 1 fully saturated rings. The highest BCUT2D eigenvalue weighted by Gasteiger charge is 2.22. The summed E-state index contributed by atoms with van der Waals surface area (Å²) in [6, 6.07) is 0. The number of hydrogen-bond acceptors (Lipinski definition) is 5. The molecule has 13 heavy (non-hydrogen) atoms. The smallest absolute Gasteiger partial charge is 0.333 e. The van der Waals surface area contributed by atoms with Crippen molar-refractivity contribution >= 4 is 34.3 Å². The predicted octanol–water partition coefficient (Wildman–Crippen LogP) is 1.52. The number of carbonyl (C=O) groups excluding carboxylic acids is 1. The molecular formula is C8H10O3S2. The molecule has 0 saturated carbocycles. The molecule has 1 atom stereocenters. The molecule has 0 aromatic heterocycles. The molecule has 5 heteroatoms. The lowest BCUT2D eigenvalue weighted by molar-refractivity contribution is -0.141. The highest BCUT2D eigenvalue weighted by molar-refractivity contribution is 8.22. The van der Waals surface area contributed by atoms with E-state index in [0.29, 0.717) is 9.96 Å². The normalized spacial score (nSPS) is 21.0. The summed E-state index contributed by atoms with van der Waals surface area (Å²) in [5.74, 6) is 0.369. The first kappa shape index (κ1) is 10.5. The second-order valence-electron chi connectivity index (χ2n) is 2.68. The monoisotopic (exact) mass is 218 g/mol. The summed E-state index contributed by atoms with van der Waals surface area (Å²) in [7, 11) is 0. The lowest BCUT2D eigenvalue weighted by Gasteiger charge is -2.09. The maximum atomic E-state index is 11.0. The molecule has 72 valence electrons. The second-order valence-corrected chi connectivity index (χ2v) is 4.30. The number of ether oxygens (including phenoxy) is 2. The van der Waals surface area contributed by atoms with E-state index in [1.807, 2.05) is 0 Å². The van der Waals surface area contributed by atoms with Crippen molar-refractivity contribution in [3.05, 3.63) is 12.2 Å². The lowest BCUT2D eigenvalue weighted by atomic mass is 10.3. The molecule has 0 spiro atoms. The molecule has 0 bridgehead atoms. The summed E-state index contributed by atoms with van der Waals surface area (Å²) in [4.78, 5) is 11.0. The first-order valence-corrected chi connectivity index (χ1v) is 5.15. The van der Waals surface area contributed by atoms with Crippen molar-refractivity contribution in [2.75, 3.05) is 12.4 Å². The summed E-state index contributed by atoms with van der Waals surface area (Å²) < 4.78 is 10.6. The van der Waals surface area contributed by atoms with Crippen LogP contribution >= 0.6 is 24.0 Å². The van der Waals surface area contributed by atoms with Crippen molar-refractivity contribution in [1.29, 1.82) is 0 Å². The quantitative estimate of drug-likeness (QED) is 0.408. The minimum Gasteiger partial charge on any atom is -0.471 e. The van der Waals surface area contributed by atoms with Crippen LogP contribution in [0.4, 0.5) is 0 Å². The van der Waals surface area contributed by atoms with Gasteiger partial charge in [-0.2, -0.15) is 0 Å². The molecule has 1 rings (SSSR count). The molecule has 0 aromatic rings.